The second-order valence-corrected chi connectivity index (χ2v) is 4.61. The average molecular weight is 257 g/mol. The van der Waals surface area contributed by atoms with Gasteiger partial charge in [-0.05, 0) is 41.0 Å². The summed E-state index contributed by atoms with van der Waals surface area (Å²) in [6.45, 7) is 1.55. The molecule has 0 radical (unpaired) electrons. The minimum Gasteiger partial charge on any atom is -0.388 e. The van der Waals surface area contributed by atoms with Gasteiger partial charge < -0.3 is 10.4 Å². The first kappa shape index (κ1) is 10.1. The molecule has 76 valence electrons. The summed E-state index contributed by atoms with van der Waals surface area (Å²) in [6.07, 6.45) is 3.17. The van der Waals surface area contributed by atoms with Crippen molar-refractivity contribution in [3.63, 3.8) is 0 Å². The predicted octanol–water partition coefficient (Wildman–Crippen LogP) is 1.11. The summed E-state index contributed by atoms with van der Waals surface area (Å²) in [4.78, 5) is 4.25. The summed E-state index contributed by atoms with van der Waals surface area (Å²) in [5.74, 6) is 0. The van der Waals surface area contributed by atoms with Gasteiger partial charge in [0.1, 0.15) is 0 Å². The van der Waals surface area contributed by atoms with Crippen LogP contribution in [0.1, 0.15) is 12.1 Å². The molecule has 1 unspecified atom stereocenters. The van der Waals surface area contributed by atoms with E-state index in [0.29, 0.717) is 13.0 Å². The van der Waals surface area contributed by atoms with Crippen LogP contribution in [-0.4, -0.2) is 28.8 Å². The van der Waals surface area contributed by atoms with Crippen molar-refractivity contribution in [2.45, 2.75) is 18.4 Å². The third-order valence-electron chi connectivity index (χ3n) is 2.55. The SMILES string of the molecule is OC1(Cc2ncccc2Br)CCNC1. The second-order valence-electron chi connectivity index (χ2n) is 3.76. The summed E-state index contributed by atoms with van der Waals surface area (Å²) < 4.78 is 0.973. The van der Waals surface area contributed by atoms with Gasteiger partial charge in [-0.2, -0.15) is 0 Å². The Bertz CT molecular complexity index is 324. The number of aromatic nitrogens is 1. The summed E-state index contributed by atoms with van der Waals surface area (Å²) in [7, 11) is 0. The number of hydrogen-bond acceptors (Lipinski definition) is 3. The van der Waals surface area contributed by atoms with Gasteiger partial charge in [0.05, 0.1) is 11.3 Å². The van der Waals surface area contributed by atoms with E-state index < -0.39 is 5.60 Å². The van der Waals surface area contributed by atoms with Crippen molar-refractivity contribution in [2.24, 2.45) is 0 Å². The molecular weight excluding hydrogens is 244 g/mol. The molecule has 2 N–H and O–H groups in total. The Morgan fingerprint density at radius 1 is 1.64 bits per heavy atom. The van der Waals surface area contributed by atoms with Crippen molar-refractivity contribution in [1.29, 1.82) is 0 Å². The number of nitrogens with one attached hydrogen (secondary N) is 1. The fraction of sp³-hybridized carbons (Fsp3) is 0.500. The van der Waals surface area contributed by atoms with Crippen molar-refractivity contribution >= 4 is 15.9 Å². The molecule has 0 aromatic carbocycles. The monoisotopic (exact) mass is 256 g/mol. The van der Waals surface area contributed by atoms with Crippen LogP contribution in [0.4, 0.5) is 0 Å². The van der Waals surface area contributed by atoms with E-state index in [4.69, 9.17) is 0 Å². The maximum absolute atomic E-state index is 10.1. The topological polar surface area (TPSA) is 45.2 Å². The van der Waals surface area contributed by atoms with Crippen LogP contribution in [0.25, 0.3) is 0 Å². The van der Waals surface area contributed by atoms with E-state index in [2.05, 4.69) is 26.2 Å². The Labute approximate surface area is 91.7 Å². The number of aliphatic hydroxyl groups is 1. The molecule has 1 aliphatic rings. The number of rotatable bonds is 2. The number of pyridine rings is 1. The molecule has 1 saturated heterocycles. The minimum atomic E-state index is -0.614. The molecule has 1 aliphatic heterocycles. The van der Waals surface area contributed by atoms with Crippen LogP contribution in [0.15, 0.2) is 22.8 Å². The molecule has 0 aliphatic carbocycles. The van der Waals surface area contributed by atoms with Crippen molar-refractivity contribution in [3.8, 4) is 0 Å². The van der Waals surface area contributed by atoms with Gasteiger partial charge in [-0.15, -0.1) is 0 Å². The quantitative estimate of drug-likeness (QED) is 0.834. The zero-order chi connectivity index (χ0) is 10.0. The van der Waals surface area contributed by atoms with Crippen molar-refractivity contribution < 1.29 is 5.11 Å². The number of β-amino-alcohol motifs (C(OH)–C–C–N with tert-alkyl or cyclic N) is 1. The lowest BCUT2D eigenvalue weighted by molar-refractivity contribution is 0.0607. The average Bonchev–Trinajstić information content (AvgIpc) is 2.57. The molecule has 1 fully saturated rings. The standard InChI is InChI=1S/C10H13BrN2O/c11-8-2-1-4-13-9(8)6-10(14)3-5-12-7-10/h1-2,4,12,14H,3,5-7H2. The molecule has 0 amide bonds. The van der Waals surface area contributed by atoms with Crippen LogP contribution in [-0.2, 0) is 6.42 Å². The van der Waals surface area contributed by atoms with E-state index in [9.17, 15) is 5.11 Å². The zero-order valence-corrected chi connectivity index (χ0v) is 9.42. The lowest BCUT2D eigenvalue weighted by Crippen LogP contribution is -2.34. The molecule has 1 aromatic rings. The summed E-state index contributed by atoms with van der Waals surface area (Å²) in [6, 6.07) is 3.83. The molecule has 2 heterocycles. The maximum Gasteiger partial charge on any atom is 0.0839 e. The highest BCUT2D eigenvalue weighted by atomic mass is 79.9. The zero-order valence-electron chi connectivity index (χ0n) is 7.83. The smallest absolute Gasteiger partial charge is 0.0839 e. The van der Waals surface area contributed by atoms with Gasteiger partial charge in [0, 0.05) is 23.6 Å². The van der Waals surface area contributed by atoms with Gasteiger partial charge in [0.25, 0.3) is 0 Å². The third kappa shape index (κ3) is 2.13. The van der Waals surface area contributed by atoms with Crippen LogP contribution in [0.3, 0.4) is 0 Å². The fourth-order valence-corrected chi connectivity index (χ4v) is 2.14. The third-order valence-corrected chi connectivity index (χ3v) is 3.27. The van der Waals surface area contributed by atoms with E-state index in [0.717, 1.165) is 23.1 Å². The van der Waals surface area contributed by atoms with E-state index in [1.165, 1.54) is 0 Å². The molecule has 0 saturated carbocycles. The van der Waals surface area contributed by atoms with E-state index in [1.54, 1.807) is 6.20 Å². The van der Waals surface area contributed by atoms with Gasteiger partial charge in [-0.1, -0.05) is 0 Å². The largest absolute Gasteiger partial charge is 0.388 e. The highest BCUT2D eigenvalue weighted by Crippen LogP contribution is 2.23. The Morgan fingerprint density at radius 2 is 2.50 bits per heavy atom. The highest BCUT2D eigenvalue weighted by molar-refractivity contribution is 9.10. The maximum atomic E-state index is 10.1. The van der Waals surface area contributed by atoms with Crippen LogP contribution in [0.5, 0.6) is 0 Å². The van der Waals surface area contributed by atoms with Gasteiger partial charge in [0.15, 0.2) is 0 Å². The number of hydrogen-bond donors (Lipinski definition) is 2. The van der Waals surface area contributed by atoms with Crippen LogP contribution < -0.4 is 5.32 Å². The second kappa shape index (κ2) is 3.96. The fourth-order valence-electron chi connectivity index (χ4n) is 1.74. The number of nitrogens with zero attached hydrogens (tertiary/aromatic N) is 1. The normalized spacial score (nSPS) is 26.7. The van der Waals surface area contributed by atoms with Gasteiger partial charge in [-0.25, -0.2) is 0 Å². The molecule has 1 atom stereocenters. The lowest BCUT2D eigenvalue weighted by atomic mass is 9.97. The Hall–Kier alpha value is -0.450. The Balaban J connectivity index is 2.14. The van der Waals surface area contributed by atoms with Crippen molar-refractivity contribution in [3.05, 3.63) is 28.5 Å². The Morgan fingerprint density at radius 3 is 3.14 bits per heavy atom. The van der Waals surface area contributed by atoms with E-state index >= 15 is 0 Å². The highest BCUT2D eigenvalue weighted by Gasteiger charge is 2.32. The van der Waals surface area contributed by atoms with E-state index in [-0.39, 0.29) is 0 Å². The molecule has 1 aromatic heterocycles. The summed E-state index contributed by atoms with van der Waals surface area (Å²) in [5.41, 5.74) is 0.315. The molecule has 3 nitrogen and oxygen atoms in total. The molecular formula is C10H13BrN2O. The predicted molar refractivity (Wildman–Crippen MR) is 58.1 cm³/mol. The Kier molecular flexibility index (Phi) is 2.85. The van der Waals surface area contributed by atoms with Gasteiger partial charge in [0.2, 0.25) is 0 Å². The summed E-state index contributed by atoms with van der Waals surface area (Å²) in [5, 5.41) is 13.3. The van der Waals surface area contributed by atoms with Crippen molar-refractivity contribution in [1.82, 2.24) is 10.3 Å². The minimum absolute atomic E-state index is 0.613. The lowest BCUT2D eigenvalue weighted by Gasteiger charge is -2.20. The first-order valence-electron chi connectivity index (χ1n) is 4.72. The molecule has 0 spiro atoms. The van der Waals surface area contributed by atoms with Gasteiger partial charge in [-0.3, -0.25) is 4.98 Å². The summed E-state index contributed by atoms with van der Waals surface area (Å²) >= 11 is 3.43. The number of halogens is 1. The van der Waals surface area contributed by atoms with Crippen molar-refractivity contribution in [2.75, 3.05) is 13.1 Å². The molecule has 14 heavy (non-hydrogen) atoms. The molecule has 4 heteroatoms. The van der Waals surface area contributed by atoms with E-state index in [1.807, 2.05) is 12.1 Å². The molecule has 2 rings (SSSR count). The molecule has 0 bridgehead atoms. The van der Waals surface area contributed by atoms with Gasteiger partial charge >= 0.3 is 0 Å². The van der Waals surface area contributed by atoms with Crippen LogP contribution in [0.2, 0.25) is 0 Å². The first-order chi connectivity index (χ1) is 6.70. The van der Waals surface area contributed by atoms with Crippen LogP contribution in [0, 0.1) is 0 Å². The van der Waals surface area contributed by atoms with Crippen LogP contribution >= 0.6 is 15.9 Å². The first-order valence-corrected chi connectivity index (χ1v) is 5.51.